The first-order valence-corrected chi connectivity index (χ1v) is 13.9. The lowest BCUT2D eigenvalue weighted by Crippen LogP contribution is -2.09. The molecular weight excluding hydrogens is 573 g/mol. The second-order valence-corrected chi connectivity index (χ2v) is 10.8. The van der Waals surface area contributed by atoms with Crippen LogP contribution < -0.4 is 4.90 Å². The van der Waals surface area contributed by atoms with Crippen molar-refractivity contribution >= 4 is 72.0 Å². The van der Waals surface area contributed by atoms with Crippen LogP contribution in [0.3, 0.4) is 0 Å². The summed E-state index contributed by atoms with van der Waals surface area (Å²) in [5.74, 6) is 0. The fourth-order valence-corrected chi connectivity index (χ4v) is 5.86. The lowest BCUT2D eigenvalue weighted by Gasteiger charge is -2.26. The van der Waals surface area contributed by atoms with E-state index >= 15 is 0 Å². The molecule has 0 amide bonds. The van der Waals surface area contributed by atoms with Crippen molar-refractivity contribution < 1.29 is 0 Å². The van der Waals surface area contributed by atoms with Gasteiger partial charge in [0.2, 0.25) is 0 Å². The van der Waals surface area contributed by atoms with Gasteiger partial charge in [0.25, 0.3) is 0 Å². The highest BCUT2D eigenvalue weighted by Crippen LogP contribution is 2.41. The number of benzene rings is 7. The molecule has 7 aromatic carbocycles. The highest BCUT2D eigenvalue weighted by atomic mass is 127. The normalized spacial score (nSPS) is 11.3. The lowest BCUT2D eigenvalue weighted by molar-refractivity contribution is 1.29. The molecule has 1 nitrogen and oxygen atoms in total. The molecule has 38 heavy (non-hydrogen) atoms. The molecule has 0 radical (unpaired) electrons. The van der Waals surface area contributed by atoms with E-state index < -0.39 is 0 Å². The minimum absolute atomic E-state index is 1.13. The molecule has 2 heteroatoms. The zero-order valence-electron chi connectivity index (χ0n) is 20.7. The van der Waals surface area contributed by atoms with Crippen LogP contribution >= 0.6 is 22.6 Å². The quantitative estimate of drug-likeness (QED) is 0.144. The second-order valence-electron chi connectivity index (χ2n) is 9.55. The Morgan fingerprint density at radius 3 is 1.34 bits per heavy atom. The summed E-state index contributed by atoms with van der Waals surface area (Å²) in [7, 11) is 0. The van der Waals surface area contributed by atoms with E-state index in [1.54, 1.807) is 0 Å². The first-order valence-electron chi connectivity index (χ1n) is 12.8. The molecule has 7 aromatic rings. The molecule has 0 aromatic heterocycles. The van der Waals surface area contributed by atoms with Crippen molar-refractivity contribution in [1.82, 2.24) is 0 Å². The maximum atomic E-state index is 2.35. The summed E-state index contributed by atoms with van der Waals surface area (Å²) in [5, 5.41) is 7.72. The van der Waals surface area contributed by atoms with Crippen molar-refractivity contribution in [2.75, 3.05) is 4.90 Å². The Morgan fingerprint density at radius 2 is 0.763 bits per heavy atom. The molecular formula is C36H24IN. The van der Waals surface area contributed by atoms with Gasteiger partial charge in [0.1, 0.15) is 0 Å². The summed E-state index contributed by atoms with van der Waals surface area (Å²) in [6, 6.07) is 52.6. The Hall–Kier alpha value is -4.15. The minimum atomic E-state index is 1.13. The van der Waals surface area contributed by atoms with E-state index in [1.165, 1.54) is 47.0 Å². The summed E-state index contributed by atoms with van der Waals surface area (Å²) >= 11 is 2.35. The number of hydrogen-bond donors (Lipinski definition) is 0. The third-order valence-corrected chi connectivity index (χ3v) is 8.02. The van der Waals surface area contributed by atoms with Crippen molar-refractivity contribution in [3.63, 3.8) is 0 Å². The van der Waals surface area contributed by atoms with Gasteiger partial charge >= 0.3 is 0 Å². The molecule has 0 aliphatic rings. The standard InChI is InChI=1S/C36H24IN/c37-27-18-14-25(15-19-27)26-16-20-29(21-17-26)38(28-8-2-1-3-9-28)30-22-23-35-33-12-5-4-10-31(33)32-11-6-7-13-34(32)36(35)24-30/h1-24H. The Labute approximate surface area is 236 Å². The Kier molecular flexibility index (Phi) is 5.82. The molecule has 180 valence electrons. The molecule has 7 rings (SSSR count). The van der Waals surface area contributed by atoms with E-state index in [2.05, 4.69) is 173 Å². The van der Waals surface area contributed by atoms with E-state index in [1.807, 2.05) is 0 Å². The fourth-order valence-electron chi connectivity index (χ4n) is 5.50. The van der Waals surface area contributed by atoms with Crippen LogP contribution in [0.4, 0.5) is 17.1 Å². The van der Waals surface area contributed by atoms with Gasteiger partial charge in [-0.2, -0.15) is 0 Å². The first-order chi connectivity index (χ1) is 18.8. The molecule has 0 bridgehead atoms. The van der Waals surface area contributed by atoms with Crippen molar-refractivity contribution in [3.8, 4) is 11.1 Å². The molecule has 0 fully saturated rings. The number of fused-ring (bicyclic) bond motifs is 6. The minimum Gasteiger partial charge on any atom is -0.310 e. The van der Waals surface area contributed by atoms with E-state index in [-0.39, 0.29) is 0 Å². The van der Waals surface area contributed by atoms with E-state index in [9.17, 15) is 0 Å². The van der Waals surface area contributed by atoms with Gasteiger partial charge in [-0.15, -0.1) is 0 Å². The number of nitrogens with zero attached hydrogens (tertiary/aromatic N) is 1. The van der Waals surface area contributed by atoms with Crippen LogP contribution in [0.25, 0.3) is 43.4 Å². The van der Waals surface area contributed by atoms with Gasteiger partial charge in [-0.05, 0) is 115 Å². The highest BCUT2D eigenvalue weighted by molar-refractivity contribution is 14.1. The summed E-state index contributed by atoms with van der Waals surface area (Å²) in [6.45, 7) is 0. The van der Waals surface area contributed by atoms with Gasteiger partial charge in [0.05, 0.1) is 0 Å². The largest absolute Gasteiger partial charge is 0.310 e. The number of para-hydroxylation sites is 1. The van der Waals surface area contributed by atoms with Crippen molar-refractivity contribution in [2.24, 2.45) is 0 Å². The second kappa shape index (κ2) is 9.62. The van der Waals surface area contributed by atoms with Crippen molar-refractivity contribution in [3.05, 3.63) is 149 Å². The summed E-state index contributed by atoms with van der Waals surface area (Å²) < 4.78 is 1.25. The van der Waals surface area contributed by atoms with Crippen LogP contribution in [0.2, 0.25) is 0 Å². The zero-order chi connectivity index (χ0) is 25.5. The smallest absolute Gasteiger partial charge is 0.0468 e. The summed E-state index contributed by atoms with van der Waals surface area (Å²) in [5.41, 5.74) is 5.86. The highest BCUT2D eigenvalue weighted by Gasteiger charge is 2.15. The van der Waals surface area contributed by atoms with E-state index in [0.29, 0.717) is 0 Å². The van der Waals surface area contributed by atoms with Crippen LogP contribution in [-0.2, 0) is 0 Å². The molecule has 0 N–H and O–H groups in total. The number of hydrogen-bond acceptors (Lipinski definition) is 1. The molecule has 0 heterocycles. The zero-order valence-corrected chi connectivity index (χ0v) is 22.8. The molecule has 0 aliphatic carbocycles. The van der Waals surface area contributed by atoms with Gasteiger partial charge in [-0.3, -0.25) is 0 Å². The molecule has 0 atom stereocenters. The molecule has 0 unspecified atom stereocenters. The summed E-state index contributed by atoms with van der Waals surface area (Å²) in [6.07, 6.45) is 0. The summed E-state index contributed by atoms with van der Waals surface area (Å²) in [4.78, 5) is 2.35. The van der Waals surface area contributed by atoms with Gasteiger partial charge in [-0.25, -0.2) is 0 Å². The molecule has 0 spiro atoms. The monoisotopic (exact) mass is 597 g/mol. The average Bonchev–Trinajstić information content (AvgIpc) is 2.99. The molecule has 0 aliphatic heterocycles. The lowest BCUT2D eigenvalue weighted by atomic mass is 9.94. The van der Waals surface area contributed by atoms with Gasteiger partial charge in [0.15, 0.2) is 0 Å². The number of anilines is 3. The number of halogens is 1. The van der Waals surface area contributed by atoms with E-state index in [4.69, 9.17) is 0 Å². The van der Waals surface area contributed by atoms with Crippen LogP contribution in [0, 0.1) is 3.57 Å². The predicted molar refractivity (Wildman–Crippen MR) is 172 cm³/mol. The Morgan fingerprint density at radius 1 is 0.342 bits per heavy atom. The van der Waals surface area contributed by atoms with Gasteiger partial charge < -0.3 is 4.90 Å². The Bertz CT molecular complexity index is 1870. The first kappa shape index (κ1) is 23.0. The van der Waals surface area contributed by atoms with Crippen LogP contribution in [0.15, 0.2) is 146 Å². The average molecular weight is 597 g/mol. The topological polar surface area (TPSA) is 3.24 Å². The van der Waals surface area contributed by atoms with Crippen molar-refractivity contribution in [2.45, 2.75) is 0 Å². The molecule has 0 saturated heterocycles. The third-order valence-electron chi connectivity index (χ3n) is 7.30. The van der Waals surface area contributed by atoms with Gasteiger partial charge in [0, 0.05) is 20.6 Å². The number of rotatable bonds is 4. The van der Waals surface area contributed by atoms with E-state index in [0.717, 1.165) is 17.1 Å². The van der Waals surface area contributed by atoms with Crippen LogP contribution in [0.5, 0.6) is 0 Å². The van der Waals surface area contributed by atoms with Gasteiger partial charge in [-0.1, -0.05) is 97.1 Å². The predicted octanol–water partition coefficient (Wildman–Crippen LogP) is 10.9. The van der Waals surface area contributed by atoms with Crippen molar-refractivity contribution in [1.29, 1.82) is 0 Å². The van der Waals surface area contributed by atoms with Crippen LogP contribution in [0.1, 0.15) is 0 Å². The maximum absolute atomic E-state index is 2.35. The Balaban J connectivity index is 1.42. The fraction of sp³-hybridized carbons (Fsp3) is 0. The third kappa shape index (κ3) is 4.02. The van der Waals surface area contributed by atoms with Crippen LogP contribution in [-0.4, -0.2) is 0 Å². The maximum Gasteiger partial charge on any atom is 0.0468 e. The SMILES string of the molecule is Ic1ccc(-c2ccc(N(c3ccccc3)c3ccc4c5ccccc5c5ccccc5c4c3)cc2)cc1. The molecule has 0 saturated carbocycles.